The lowest BCUT2D eigenvalue weighted by atomic mass is 10.3. The van der Waals surface area contributed by atoms with Crippen LogP contribution in [0.25, 0.3) is 0 Å². The third-order valence-electron chi connectivity index (χ3n) is 3.15. The van der Waals surface area contributed by atoms with Crippen LogP contribution in [0.4, 0.5) is 15.2 Å². The summed E-state index contributed by atoms with van der Waals surface area (Å²) in [4.78, 5) is 12.2. The molecule has 0 aliphatic heterocycles. The fourth-order valence-electron chi connectivity index (χ4n) is 1.75. The average molecular weight is 373 g/mol. The molecule has 0 spiro atoms. The van der Waals surface area contributed by atoms with Gasteiger partial charge >= 0.3 is 0 Å². The number of nitrogens with one attached hydrogen (secondary N) is 2. The highest BCUT2D eigenvalue weighted by Gasteiger charge is 2.23. The number of hydrogen-bond acceptors (Lipinski definition) is 6. The van der Waals surface area contributed by atoms with Crippen LogP contribution in [0.2, 0.25) is 5.02 Å². The maximum atomic E-state index is 13.0. The quantitative estimate of drug-likeness (QED) is 0.749. The second-order valence-electron chi connectivity index (χ2n) is 5.17. The monoisotopic (exact) mass is 372 g/mol. The van der Waals surface area contributed by atoms with Crippen molar-refractivity contribution in [1.29, 1.82) is 0 Å². The van der Waals surface area contributed by atoms with Crippen LogP contribution in [0.5, 0.6) is 0 Å². The number of carbonyl (C=O) groups is 1. The fraction of sp³-hybridized carbons (Fsp3) is 0.357. The first-order valence-corrected chi connectivity index (χ1v) is 9.11. The maximum Gasteiger partial charge on any atom is 0.237 e. The van der Waals surface area contributed by atoms with Gasteiger partial charge in [-0.1, -0.05) is 34.7 Å². The summed E-state index contributed by atoms with van der Waals surface area (Å²) in [6.07, 6.45) is 2.33. The minimum Gasteiger partial charge on any atom is -0.357 e. The summed E-state index contributed by atoms with van der Waals surface area (Å²) in [5.41, 5.74) is 0.388. The van der Waals surface area contributed by atoms with Crippen molar-refractivity contribution in [3.8, 4) is 0 Å². The molecule has 1 aliphatic rings. The Morgan fingerprint density at radius 3 is 2.96 bits per heavy atom. The third-order valence-corrected chi connectivity index (χ3v) is 5.50. The number of halogens is 2. The summed E-state index contributed by atoms with van der Waals surface area (Å²) in [7, 11) is 0. The first kappa shape index (κ1) is 16.5. The second-order valence-corrected chi connectivity index (χ2v) is 8.14. The number of aromatic nitrogens is 2. The van der Waals surface area contributed by atoms with Gasteiger partial charge in [0.2, 0.25) is 11.0 Å². The van der Waals surface area contributed by atoms with E-state index in [-0.39, 0.29) is 16.2 Å². The molecule has 1 aromatic heterocycles. The molecule has 0 radical (unpaired) electrons. The van der Waals surface area contributed by atoms with Crippen LogP contribution in [0.1, 0.15) is 19.8 Å². The normalized spacial score (nSPS) is 15.3. The Hall–Kier alpha value is -1.38. The van der Waals surface area contributed by atoms with Gasteiger partial charge in [0.05, 0.1) is 16.0 Å². The number of benzene rings is 1. The van der Waals surface area contributed by atoms with Gasteiger partial charge in [0.15, 0.2) is 4.34 Å². The summed E-state index contributed by atoms with van der Waals surface area (Å²) in [6, 6.07) is 4.37. The van der Waals surface area contributed by atoms with Crippen molar-refractivity contribution in [3.63, 3.8) is 0 Å². The van der Waals surface area contributed by atoms with Crippen LogP contribution in [0.3, 0.4) is 0 Å². The van der Waals surface area contributed by atoms with Gasteiger partial charge in [-0.3, -0.25) is 4.79 Å². The molecule has 1 fully saturated rings. The molecule has 0 saturated heterocycles. The van der Waals surface area contributed by atoms with Crippen molar-refractivity contribution in [2.45, 2.75) is 35.4 Å². The van der Waals surface area contributed by atoms with Crippen LogP contribution < -0.4 is 10.6 Å². The van der Waals surface area contributed by atoms with Crippen LogP contribution in [-0.4, -0.2) is 27.4 Å². The van der Waals surface area contributed by atoms with Crippen molar-refractivity contribution in [2.24, 2.45) is 0 Å². The summed E-state index contributed by atoms with van der Waals surface area (Å²) in [5, 5.41) is 14.7. The number of rotatable bonds is 6. The average Bonchev–Trinajstić information content (AvgIpc) is 3.20. The Morgan fingerprint density at radius 2 is 2.26 bits per heavy atom. The maximum absolute atomic E-state index is 13.0. The number of amides is 1. The van der Waals surface area contributed by atoms with Gasteiger partial charge in [-0.15, -0.1) is 10.2 Å². The molecule has 5 nitrogen and oxygen atoms in total. The van der Waals surface area contributed by atoms with Gasteiger partial charge in [0, 0.05) is 6.04 Å². The second kappa shape index (κ2) is 7.02. The van der Waals surface area contributed by atoms with E-state index in [1.54, 1.807) is 6.92 Å². The van der Waals surface area contributed by atoms with E-state index in [9.17, 15) is 9.18 Å². The van der Waals surface area contributed by atoms with Crippen molar-refractivity contribution in [1.82, 2.24) is 10.2 Å². The molecule has 0 bridgehead atoms. The molecular weight excluding hydrogens is 359 g/mol. The van der Waals surface area contributed by atoms with E-state index in [0.717, 1.165) is 15.5 Å². The molecule has 9 heteroatoms. The first-order valence-electron chi connectivity index (χ1n) is 7.04. The zero-order chi connectivity index (χ0) is 16.4. The highest BCUT2D eigenvalue weighted by Crippen LogP contribution is 2.32. The predicted octanol–water partition coefficient (Wildman–Crippen LogP) is 4.02. The lowest BCUT2D eigenvalue weighted by Gasteiger charge is -2.11. The highest BCUT2D eigenvalue weighted by atomic mass is 35.5. The van der Waals surface area contributed by atoms with Gasteiger partial charge in [0.1, 0.15) is 5.82 Å². The molecule has 0 unspecified atom stereocenters. The van der Waals surface area contributed by atoms with Crippen LogP contribution in [0.15, 0.2) is 22.5 Å². The molecule has 122 valence electrons. The van der Waals surface area contributed by atoms with Crippen molar-refractivity contribution >= 4 is 51.4 Å². The molecule has 1 aromatic carbocycles. The van der Waals surface area contributed by atoms with E-state index >= 15 is 0 Å². The molecule has 1 atom stereocenters. The smallest absolute Gasteiger partial charge is 0.237 e. The van der Waals surface area contributed by atoms with Gasteiger partial charge in [-0.25, -0.2) is 4.39 Å². The van der Waals surface area contributed by atoms with E-state index in [1.165, 1.54) is 48.1 Å². The summed E-state index contributed by atoms with van der Waals surface area (Å²) in [6.45, 7) is 1.77. The van der Waals surface area contributed by atoms with Crippen LogP contribution >= 0.6 is 34.7 Å². The standard InChI is InChI=1S/C14H14ClFN4OS2/c1-7(12(21)18-11-5-2-8(16)6-10(11)15)22-14-20-19-13(23-14)17-9-3-4-9/h2,5-7,9H,3-4H2,1H3,(H,17,19)(H,18,21)/t7-/m0/s1. The molecule has 1 heterocycles. The Bertz CT molecular complexity index is 723. The van der Waals surface area contributed by atoms with Crippen molar-refractivity contribution in [3.05, 3.63) is 29.0 Å². The topological polar surface area (TPSA) is 66.9 Å². The zero-order valence-corrected chi connectivity index (χ0v) is 14.6. The number of anilines is 2. The SMILES string of the molecule is C[C@H](Sc1nnc(NC2CC2)s1)C(=O)Nc1ccc(F)cc1Cl. The van der Waals surface area contributed by atoms with Gasteiger partial charge in [0.25, 0.3) is 0 Å². The predicted molar refractivity (Wildman–Crippen MR) is 91.9 cm³/mol. The van der Waals surface area contributed by atoms with Crippen LogP contribution in [-0.2, 0) is 4.79 Å². The molecule has 2 N–H and O–H groups in total. The molecule has 1 amide bonds. The van der Waals surface area contributed by atoms with Crippen molar-refractivity contribution in [2.75, 3.05) is 10.6 Å². The van der Waals surface area contributed by atoms with E-state index in [2.05, 4.69) is 20.8 Å². The van der Waals surface area contributed by atoms with E-state index < -0.39 is 5.82 Å². The lowest BCUT2D eigenvalue weighted by Crippen LogP contribution is -2.22. The minimum absolute atomic E-state index is 0.169. The molecule has 23 heavy (non-hydrogen) atoms. The minimum atomic E-state index is -0.444. The number of thioether (sulfide) groups is 1. The number of nitrogens with zero attached hydrogens (tertiary/aromatic N) is 2. The molecule has 1 saturated carbocycles. The Labute approximate surface area is 146 Å². The van der Waals surface area contributed by atoms with E-state index in [4.69, 9.17) is 11.6 Å². The lowest BCUT2D eigenvalue weighted by molar-refractivity contribution is -0.115. The summed E-state index contributed by atoms with van der Waals surface area (Å²) in [5.74, 6) is -0.671. The third kappa shape index (κ3) is 4.55. The zero-order valence-electron chi connectivity index (χ0n) is 12.2. The molecule has 2 aromatic rings. The molecule has 3 rings (SSSR count). The Balaban J connectivity index is 1.57. The van der Waals surface area contributed by atoms with Gasteiger partial charge < -0.3 is 10.6 Å². The van der Waals surface area contributed by atoms with E-state index in [1.807, 2.05) is 0 Å². The molecule has 1 aliphatic carbocycles. The largest absolute Gasteiger partial charge is 0.357 e. The van der Waals surface area contributed by atoms with Gasteiger partial charge in [-0.2, -0.15) is 0 Å². The summed E-state index contributed by atoms with van der Waals surface area (Å²) < 4.78 is 13.7. The fourth-order valence-corrected chi connectivity index (χ4v) is 3.94. The molecular formula is C14H14ClFN4OS2. The van der Waals surface area contributed by atoms with Crippen molar-refractivity contribution < 1.29 is 9.18 Å². The van der Waals surface area contributed by atoms with Crippen LogP contribution in [0, 0.1) is 5.82 Å². The first-order chi connectivity index (χ1) is 11.0. The van der Waals surface area contributed by atoms with Gasteiger partial charge in [-0.05, 0) is 38.0 Å². The Kier molecular flexibility index (Phi) is 5.03. The highest BCUT2D eigenvalue weighted by molar-refractivity contribution is 8.02. The number of hydrogen-bond donors (Lipinski definition) is 2. The van der Waals surface area contributed by atoms with E-state index in [0.29, 0.717) is 11.7 Å². The Morgan fingerprint density at radius 1 is 1.48 bits per heavy atom. The summed E-state index contributed by atoms with van der Waals surface area (Å²) >= 11 is 8.66. The number of carbonyl (C=O) groups excluding carboxylic acids is 1.